The topological polar surface area (TPSA) is 76.3 Å². The van der Waals surface area contributed by atoms with E-state index in [0.717, 1.165) is 17.0 Å². The van der Waals surface area contributed by atoms with Crippen molar-refractivity contribution < 1.29 is 18.4 Å². The van der Waals surface area contributed by atoms with Gasteiger partial charge in [-0.3, -0.25) is 14.5 Å². The first-order chi connectivity index (χ1) is 9.06. The van der Waals surface area contributed by atoms with Crippen LogP contribution in [-0.2, 0) is 11.3 Å². The Morgan fingerprint density at radius 2 is 2.11 bits per heavy atom. The van der Waals surface area contributed by atoms with Crippen LogP contribution < -0.4 is 4.90 Å². The zero-order valence-corrected chi connectivity index (χ0v) is 9.88. The smallest absolute Gasteiger partial charge is 0.299 e. The van der Waals surface area contributed by atoms with Gasteiger partial charge < -0.3 is 4.42 Å². The molecule has 0 bridgehead atoms. The fraction of sp³-hybridized carbons (Fsp3) is 0.167. The van der Waals surface area contributed by atoms with Crippen molar-refractivity contribution in [3.8, 4) is 0 Å². The minimum atomic E-state index is -0.726. The van der Waals surface area contributed by atoms with Crippen LogP contribution in [0.25, 0.3) is 0 Å². The van der Waals surface area contributed by atoms with Crippen molar-refractivity contribution in [2.45, 2.75) is 13.5 Å². The quantitative estimate of drug-likeness (QED) is 0.760. The fourth-order valence-corrected chi connectivity index (χ4v) is 1.96. The van der Waals surface area contributed by atoms with Crippen molar-refractivity contribution in [3.05, 3.63) is 41.4 Å². The van der Waals surface area contributed by atoms with Crippen LogP contribution in [0.1, 0.15) is 22.1 Å². The summed E-state index contributed by atoms with van der Waals surface area (Å²) in [4.78, 5) is 24.7. The van der Waals surface area contributed by atoms with E-state index in [1.54, 1.807) is 6.92 Å². The number of carbonyl (C=O) groups excluding carboxylic acids is 2. The molecule has 1 aliphatic rings. The number of hydrogen-bond donors (Lipinski definition) is 0. The number of aromatic nitrogens is 2. The Bertz CT molecular complexity index is 695. The summed E-state index contributed by atoms with van der Waals surface area (Å²) in [6, 6.07) is 3.58. The van der Waals surface area contributed by atoms with Gasteiger partial charge in [0.1, 0.15) is 12.4 Å². The largest absolute Gasteiger partial charge is 0.424 e. The number of hydrogen-bond acceptors (Lipinski definition) is 5. The molecule has 0 saturated carbocycles. The second-order valence-corrected chi connectivity index (χ2v) is 4.10. The summed E-state index contributed by atoms with van der Waals surface area (Å²) in [7, 11) is 0. The van der Waals surface area contributed by atoms with E-state index < -0.39 is 17.5 Å². The highest BCUT2D eigenvalue weighted by molar-refractivity contribution is 6.52. The van der Waals surface area contributed by atoms with Crippen LogP contribution in [0.3, 0.4) is 0 Å². The van der Waals surface area contributed by atoms with Crippen LogP contribution in [0.15, 0.2) is 22.6 Å². The Labute approximate surface area is 106 Å². The van der Waals surface area contributed by atoms with Gasteiger partial charge in [0.2, 0.25) is 11.8 Å². The van der Waals surface area contributed by atoms with Gasteiger partial charge in [-0.15, -0.1) is 10.2 Å². The standard InChI is InChI=1S/C12H8FN3O3/c1-6-14-15-10(19-6)5-16-9-4-7(13)2-3-8(9)11(17)12(16)18/h2-4H,5H2,1H3. The van der Waals surface area contributed by atoms with Crippen LogP contribution >= 0.6 is 0 Å². The molecular formula is C12H8FN3O3. The summed E-state index contributed by atoms with van der Waals surface area (Å²) in [5.41, 5.74) is 0.411. The van der Waals surface area contributed by atoms with Crippen molar-refractivity contribution in [2.24, 2.45) is 0 Å². The highest BCUT2D eigenvalue weighted by Gasteiger charge is 2.36. The molecule has 0 fully saturated rings. The molecular weight excluding hydrogens is 253 g/mol. The minimum Gasteiger partial charge on any atom is -0.424 e. The second-order valence-electron chi connectivity index (χ2n) is 4.10. The molecule has 96 valence electrons. The van der Waals surface area contributed by atoms with Crippen LogP contribution in [0, 0.1) is 12.7 Å². The third-order valence-electron chi connectivity index (χ3n) is 2.80. The van der Waals surface area contributed by atoms with Crippen molar-refractivity contribution in [3.63, 3.8) is 0 Å². The minimum absolute atomic E-state index is 0.0537. The molecule has 0 radical (unpaired) electrons. The van der Waals surface area contributed by atoms with Gasteiger partial charge in [-0.2, -0.15) is 0 Å². The molecule has 1 amide bonds. The van der Waals surface area contributed by atoms with E-state index in [0.29, 0.717) is 5.89 Å². The number of benzene rings is 1. The second kappa shape index (κ2) is 3.98. The van der Waals surface area contributed by atoms with Crippen molar-refractivity contribution >= 4 is 17.4 Å². The van der Waals surface area contributed by atoms with E-state index in [1.165, 1.54) is 6.07 Å². The number of anilines is 1. The predicted molar refractivity (Wildman–Crippen MR) is 61.0 cm³/mol. The van der Waals surface area contributed by atoms with E-state index in [-0.39, 0.29) is 23.7 Å². The highest BCUT2D eigenvalue weighted by Crippen LogP contribution is 2.30. The maximum atomic E-state index is 13.2. The summed E-state index contributed by atoms with van der Waals surface area (Å²) in [5, 5.41) is 7.38. The average Bonchev–Trinajstić information content (AvgIpc) is 2.88. The summed E-state index contributed by atoms with van der Waals surface area (Å²) in [5.74, 6) is -1.36. The van der Waals surface area contributed by atoms with Crippen LogP contribution in [0.2, 0.25) is 0 Å². The first kappa shape index (κ1) is 11.5. The number of amides is 1. The lowest BCUT2D eigenvalue weighted by Gasteiger charge is -2.13. The van der Waals surface area contributed by atoms with Gasteiger partial charge in [0.05, 0.1) is 11.3 Å². The van der Waals surface area contributed by atoms with Gasteiger partial charge in [0.15, 0.2) is 0 Å². The van der Waals surface area contributed by atoms with E-state index in [1.807, 2.05) is 0 Å². The van der Waals surface area contributed by atoms with Gasteiger partial charge in [0, 0.05) is 6.92 Å². The Morgan fingerprint density at radius 3 is 2.79 bits per heavy atom. The Hall–Kier alpha value is -2.57. The molecule has 0 N–H and O–H groups in total. The zero-order chi connectivity index (χ0) is 13.6. The molecule has 0 saturated heterocycles. The SMILES string of the molecule is Cc1nnc(CN2C(=O)C(=O)c3ccc(F)cc32)o1. The third-order valence-corrected chi connectivity index (χ3v) is 2.80. The number of halogens is 1. The number of Topliss-reactive ketones (excluding diaryl/α,β-unsaturated/α-hetero) is 1. The zero-order valence-electron chi connectivity index (χ0n) is 9.88. The van der Waals surface area contributed by atoms with E-state index in [9.17, 15) is 14.0 Å². The first-order valence-corrected chi connectivity index (χ1v) is 5.51. The molecule has 0 unspecified atom stereocenters. The number of ketones is 1. The van der Waals surface area contributed by atoms with Gasteiger partial charge >= 0.3 is 0 Å². The van der Waals surface area contributed by atoms with E-state index >= 15 is 0 Å². The van der Waals surface area contributed by atoms with Crippen LogP contribution in [0.5, 0.6) is 0 Å². The molecule has 19 heavy (non-hydrogen) atoms. The number of fused-ring (bicyclic) bond motifs is 1. The lowest BCUT2D eigenvalue weighted by Crippen LogP contribution is -2.29. The molecule has 6 nitrogen and oxygen atoms in total. The van der Waals surface area contributed by atoms with Crippen LogP contribution in [0.4, 0.5) is 10.1 Å². The number of rotatable bonds is 2. The van der Waals surface area contributed by atoms with E-state index in [4.69, 9.17) is 4.42 Å². The Balaban J connectivity index is 2.01. The number of aryl methyl sites for hydroxylation is 1. The van der Waals surface area contributed by atoms with Crippen molar-refractivity contribution in [1.82, 2.24) is 10.2 Å². The lowest BCUT2D eigenvalue weighted by atomic mass is 10.1. The molecule has 2 heterocycles. The van der Waals surface area contributed by atoms with Gasteiger partial charge in [-0.1, -0.05) is 0 Å². The Morgan fingerprint density at radius 1 is 1.32 bits per heavy atom. The molecule has 7 heteroatoms. The van der Waals surface area contributed by atoms with Gasteiger partial charge in [-0.05, 0) is 18.2 Å². The lowest BCUT2D eigenvalue weighted by molar-refractivity contribution is -0.114. The van der Waals surface area contributed by atoms with Gasteiger partial charge in [-0.25, -0.2) is 4.39 Å². The summed E-state index contributed by atoms with van der Waals surface area (Å²) in [6.07, 6.45) is 0. The summed E-state index contributed by atoms with van der Waals surface area (Å²) < 4.78 is 18.4. The summed E-state index contributed by atoms with van der Waals surface area (Å²) in [6.45, 7) is 1.56. The molecule has 3 rings (SSSR count). The van der Waals surface area contributed by atoms with Crippen molar-refractivity contribution in [1.29, 1.82) is 0 Å². The molecule has 1 aromatic heterocycles. The third kappa shape index (κ3) is 1.79. The molecule has 1 aromatic carbocycles. The maximum absolute atomic E-state index is 13.2. The first-order valence-electron chi connectivity index (χ1n) is 5.51. The molecule has 0 spiro atoms. The molecule has 2 aromatic rings. The maximum Gasteiger partial charge on any atom is 0.299 e. The molecule has 0 atom stereocenters. The predicted octanol–water partition coefficient (Wildman–Crippen LogP) is 1.25. The molecule has 0 aliphatic carbocycles. The monoisotopic (exact) mass is 261 g/mol. The number of carbonyl (C=O) groups is 2. The number of nitrogens with zero attached hydrogens (tertiary/aromatic N) is 3. The average molecular weight is 261 g/mol. The Kier molecular flexibility index (Phi) is 2.41. The fourth-order valence-electron chi connectivity index (χ4n) is 1.96. The van der Waals surface area contributed by atoms with Gasteiger partial charge in [0.25, 0.3) is 11.7 Å². The van der Waals surface area contributed by atoms with Crippen LogP contribution in [-0.4, -0.2) is 21.9 Å². The highest BCUT2D eigenvalue weighted by atomic mass is 19.1. The van der Waals surface area contributed by atoms with E-state index in [2.05, 4.69) is 10.2 Å². The summed E-state index contributed by atoms with van der Waals surface area (Å²) >= 11 is 0. The normalized spacial score (nSPS) is 14.1. The van der Waals surface area contributed by atoms with Crippen molar-refractivity contribution in [2.75, 3.05) is 4.90 Å². The molecule has 1 aliphatic heterocycles.